The molecule has 154 valence electrons. The van der Waals surface area contributed by atoms with Gasteiger partial charge in [0.05, 0.1) is 22.6 Å². The van der Waals surface area contributed by atoms with Crippen molar-refractivity contribution in [2.24, 2.45) is 0 Å². The molecule has 2 aromatic heterocycles. The van der Waals surface area contributed by atoms with Crippen molar-refractivity contribution in [2.75, 3.05) is 23.4 Å². The molecule has 11 heteroatoms. The maximum absolute atomic E-state index is 13.0. The molecule has 2 heterocycles. The number of nitrogens with zero attached hydrogens (tertiary/aromatic N) is 4. The van der Waals surface area contributed by atoms with Crippen molar-refractivity contribution < 1.29 is 14.3 Å². The number of nitrogens with one attached hydrogen (secondary N) is 1. The normalized spacial score (nSPS) is 12.1. The molecule has 0 aliphatic carbocycles. The molecule has 3 aromatic rings. The maximum Gasteiger partial charge on any atom is 0.316 e. The van der Waals surface area contributed by atoms with Gasteiger partial charge in [0.15, 0.2) is 10.3 Å². The molecule has 1 aromatic carbocycles. The van der Waals surface area contributed by atoms with Crippen LogP contribution in [0.3, 0.4) is 0 Å². The lowest BCUT2D eigenvalue weighted by Gasteiger charge is -2.18. The lowest BCUT2D eigenvalue weighted by molar-refractivity contribution is -0.139. The van der Waals surface area contributed by atoms with Crippen molar-refractivity contribution >= 4 is 56.3 Å². The van der Waals surface area contributed by atoms with Crippen molar-refractivity contribution in [1.29, 1.82) is 0 Å². The number of amides is 1. The SMILES string of the molecule is CCOC(=O)CSc1nnc(N)n1C(CC)C(=O)Nc1nc2ccc(C)cc2s1. The number of anilines is 2. The van der Waals surface area contributed by atoms with Crippen LogP contribution in [0.25, 0.3) is 10.2 Å². The van der Waals surface area contributed by atoms with Gasteiger partial charge in [0.25, 0.3) is 0 Å². The number of nitrogen functional groups attached to an aromatic ring is 1. The van der Waals surface area contributed by atoms with E-state index in [2.05, 4.69) is 20.5 Å². The number of esters is 1. The number of carbonyl (C=O) groups excluding carboxylic acids is 2. The highest BCUT2D eigenvalue weighted by molar-refractivity contribution is 7.99. The number of fused-ring (bicyclic) bond motifs is 1. The Morgan fingerprint density at radius 3 is 2.86 bits per heavy atom. The second kappa shape index (κ2) is 9.23. The number of nitrogens with two attached hydrogens (primary N) is 1. The van der Waals surface area contributed by atoms with E-state index in [0.29, 0.717) is 23.3 Å². The molecule has 0 aliphatic heterocycles. The molecule has 0 saturated heterocycles. The van der Waals surface area contributed by atoms with Crippen molar-refractivity contribution in [1.82, 2.24) is 19.7 Å². The number of benzene rings is 1. The Labute approximate surface area is 176 Å². The molecule has 0 fully saturated rings. The van der Waals surface area contributed by atoms with Crippen LogP contribution in [0.2, 0.25) is 0 Å². The van der Waals surface area contributed by atoms with Gasteiger partial charge < -0.3 is 15.8 Å². The minimum Gasteiger partial charge on any atom is -0.465 e. The second-order valence-corrected chi connectivity index (χ2v) is 8.18. The van der Waals surface area contributed by atoms with Crippen LogP contribution in [0.1, 0.15) is 31.9 Å². The third-order valence-electron chi connectivity index (χ3n) is 4.09. The van der Waals surface area contributed by atoms with Gasteiger partial charge in [-0.05, 0) is 38.0 Å². The quantitative estimate of drug-likeness (QED) is 0.409. The molecule has 9 nitrogen and oxygen atoms in total. The Kier molecular flexibility index (Phi) is 6.70. The van der Waals surface area contributed by atoms with E-state index in [1.165, 1.54) is 15.9 Å². The Hall–Kier alpha value is -2.66. The van der Waals surface area contributed by atoms with E-state index < -0.39 is 6.04 Å². The fourth-order valence-corrected chi connectivity index (χ4v) is 4.52. The van der Waals surface area contributed by atoms with Gasteiger partial charge in [-0.3, -0.25) is 14.2 Å². The largest absolute Gasteiger partial charge is 0.465 e. The van der Waals surface area contributed by atoms with Gasteiger partial charge >= 0.3 is 5.97 Å². The van der Waals surface area contributed by atoms with E-state index in [1.54, 1.807) is 6.92 Å². The summed E-state index contributed by atoms with van der Waals surface area (Å²) in [5.74, 6) is -0.472. The zero-order valence-electron chi connectivity index (χ0n) is 16.3. The molecule has 29 heavy (non-hydrogen) atoms. The molecule has 1 amide bonds. The highest BCUT2D eigenvalue weighted by atomic mass is 32.2. The van der Waals surface area contributed by atoms with Gasteiger partial charge in [-0.25, -0.2) is 4.98 Å². The summed E-state index contributed by atoms with van der Waals surface area (Å²) in [6, 6.07) is 5.30. The summed E-state index contributed by atoms with van der Waals surface area (Å²) in [7, 11) is 0. The second-order valence-electron chi connectivity index (χ2n) is 6.21. The van der Waals surface area contributed by atoms with Crippen LogP contribution >= 0.6 is 23.1 Å². The number of aryl methyl sites for hydroxylation is 1. The number of ether oxygens (including phenoxy) is 1. The third kappa shape index (κ3) is 4.85. The fourth-order valence-electron chi connectivity index (χ4n) is 2.77. The molecule has 0 saturated carbocycles. The highest BCUT2D eigenvalue weighted by Gasteiger charge is 2.26. The van der Waals surface area contributed by atoms with Crippen LogP contribution in [0.5, 0.6) is 0 Å². The van der Waals surface area contributed by atoms with Crippen molar-refractivity contribution in [2.45, 2.75) is 38.4 Å². The summed E-state index contributed by atoms with van der Waals surface area (Å²) in [6.45, 7) is 5.92. The molecular formula is C18H22N6O3S2. The molecule has 1 unspecified atom stereocenters. The van der Waals surface area contributed by atoms with E-state index in [-0.39, 0.29) is 23.6 Å². The predicted molar refractivity (Wildman–Crippen MR) is 114 cm³/mol. The first-order chi connectivity index (χ1) is 13.9. The zero-order chi connectivity index (χ0) is 21.0. The number of thiazole rings is 1. The van der Waals surface area contributed by atoms with Gasteiger partial charge in [-0.15, -0.1) is 10.2 Å². The van der Waals surface area contributed by atoms with Crippen LogP contribution in [-0.4, -0.2) is 44.0 Å². The average Bonchev–Trinajstić information content (AvgIpc) is 3.24. The van der Waals surface area contributed by atoms with Gasteiger partial charge in [-0.1, -0.05) is 36.1 Å². The minimum atomic E-state index is -0.636. The van der Waals surface area contributed by atoms with E-state index in [4.69, 9.17) is 10.5 Å². The summed E-state index contributed by atoms with van der Waals surface area (Å²) >= 11 is 2.54. The van der Waals surface area contributed by atoms with Gasteiger partial charge in [0, 0.05) is 0 Å². The summed E-state index contributed by atoms with van der Waals surface area (Å²) in [6.07, 6.45) is 0.463. The average molecular weight is 435 g/mol. The summed E-state index contributed by atoms with van der Waals surface area (Å²) in [4.78, 5) is 29.1. The van der Waals surface area contributed by atoms with Gasteiger partial charge in [0.2, 0.25) is 11.9 Å². The first-order valence-electron chi connectivity index (χ1n) is 9.09. The Morgan fingerprint density at radius 1 is 1.34 bits per heavy atom. The van der Waals surface area contributed by atoms with Gasteiger partial charge in [-0.2, -0.15) is 0 Å². The van der Waals surface area contributed by atoms with Crippen LogP contribution in [0.15, 0.2) is 23.4 Å². The monoisotopic (exact) mass is 434 g/mol. The zero-order valence-corrected chi connectivity index (χ0v) is 18.0. The van der Waals surface area contributed by atoms with E-state index in [0.717, 1.165) is 27.5 Å². The van der Waals surface area contributed by atoms with Crippen molar-refractivity contribution in [3.8, 4) is 0 Å². The van der Waals surface area contributed by atoms with Crippen LogP contribution in [-0.2, 0) is 14.3 Å². The molecule has 0 aliphatic rings. The number of thioether (sulfide) groups is 1. The minimum absolute atomic E-state index is 0.0568. The lowest BCUT2D eigenvalue weighted by atomic mass is 10.2. The molecule has 0 spiro atoms. The van der Waals surface area contributed by atoms with E-state index in [1.807, 2.05) is 32.0 Å². The number of hydrogen-bond acceptors (Lipinski definition) is 9. The summed E-state index contributed by atoms with van der Waals surface area (Å²) in [5, 5.41) is 11.6. The topological polar surface area (TPSA) is 125 Å². The molecule has 0 bridgehead atoms. The van der Waals surface area contributed by atoms with Crippen LogP contribution in [0.4, 0.5) is 11.1 Å². The number of rotatable bonds is 8. The Balaban J connectivity index is 1.78. The van der Waals surface area contributed by atoms with E-state index in [9.17, 15) is 9.59 Å². The number of carbonyl (C=O) groups is 2. The smallest absolute Gasteiger partial charge is 0.316 e. The number of hydrogen-bond donors (Lipinski definition) is 2. The fraction of sp³-hybridized carbons (Fsp3) is 0.389. The van der Waals surface area contributed by atoms with Crippen molar-refractivity contribution in [3.63, 3.8) is 0 Å². The molecule has 0 radical (unpaired) electrons. The molecular weight excluding hydrogens is 412 g/mol. The highest BCUT2D eigenvalue weighted by Crippen LogP contribution is 2.29. The Morgan fingerprint density at radius 2 is 2.14 bits per heavy atom. The lowest BCUT2D eigenvalue weighted by Crippen LogP contribution is -2.27. The predicted octanol–water partition coefficient (Wildman–Crippen LogP) is 3.02. The maximum atomic E-state index is 13.0. The summed E-state index contributed by atoms with van der Waals surface area (Å²) in [5.41, 5.74) is 7.92. The summed E-state index contributed by atoms with van der Waals surface area (Å²) < 4.78 is 7.47. The van der Waals surface area contributed by atoms with Gasteiger partial charge in [0.1, 0.15) is 6.04 Å². The van der Waals surface area contributed by atoms with Crippen molar-refractivity contribution in [3.05, 3.63) is 23.8 Å². The molecule has 1 atom stereocenters. The molecule has 3 rings (SSSR count). The first kappa shape index (κ1) is 21.1. The first-order valence-corrected chi connectivity index (χ1v) is 10.9. The van der Waals surface area contributed by atoms with Crippen LogP contribution in [0, 0.1) is 6.92 Å². The standard InChI is InChI=1S/C18H22N6O3S2/c1-4-12(24-16(19)22-23-18(24)28-9-14(25)27-5-2)15(26)21-17-20-11-7-6-10(3)8-13(11)29-17/h6-8,12H,4-5,9H2,1-3H3,(H2,19,22)(H,20,21,26). The van der Waals surface area contributed by atoms with E-state index >= 15 is 0 Å². The third-order valence-corrected chi connectivity index (χ3v) is 5.94. The molecule has 3 N–H and O–H groups in total. The number of aromatic nitrogens is 4. The van der Waals surface area contributed by atoms with Crippen LogP contribution < -0.4 is 11.1 Å². The Bertz CT molecular complexity index is 1030.